The lowest BCUT2D eigenvalue weighted by Crippen LogP contribution is -2.19. The molecule has 3 N–H and O–H groups in total. The number of hydrogen-bond donors (Lipinski definition) is 3. The third kappa shape index (κ3) is 5.30. The van der Waals surface area contributed by atoms with Crippen LogP contribution in [-0.4, -0.2) is 11.9 Å². The van der Waals surface area contributed by atoms with Crippen LogP contribution < -0.4 is 16.0 Å². The van der Waals surface area contributed by atoms with Gasteiger partial charge in [-0.2, -0.15) is 0 Å². The number of rotatable bonds is 4. The van der Waals surface area contributed by atoms with Gasteiger partial charge in [0.15, 0.2) is 0 Å². The van der Waals surface area contributed by atoms with Crippen molar-refractivity contribution >= 4 is 51.6 Å². The largest absolute Gasteiger partial charge is 0.323 e. The van der Waals surface area contributed by atoms with E-state index in [0.29, 0.717) is 22.6 Å². The molecule has 0 fully saturated rings. The molecule has 0 saturated heterocycles. The maximum atomic E-state index is 12.5. The first-order chi connectivity index (χ1) is 13.0. The van der Waals surface area contributed by atoms with Gasteiger partial charge < -0.3 is 16.0 Å². The van der Waals surface area contributed by atoms with Crippen LogP contribution in [0.5, 0.6) is 0 Å². The summed E-state index contributed by atoms with van der Waals surface area (Å²) >= 11 is 2.17. The molecule has 27 heavy (non-hydrogen) atoms. The number of aryl methyl sites for hydroxylation is 1. The number of carbonyl (C=O) groups excluding carboxylic acids is 2. The van der Waals surface area contributed by atoms with Crippen LogP contribution in [0.2, 0.25) is 0 Å². The fourth-order valence-electron chi connectivity index (χ4n) is 2.47. The maximum absolute atomic E-state index is 12.5. The summed E-state index contributed by atoms with van der Waals surface area (Å²) in [6, 6.07) is 21.6. The molecule has 0 radical (unpaired) electrons. The molecule has 0 aliphatic heterocycles. The second-order valence-corrected chi connectivity index (χ2v) is 7.18. The van der Waals surface area contributed by atoms with Crippen molar-refractivity contribution in [3.63, 3.8) is 0 Å². The lowest BCUT2D eigenvalue weighted by molar-refractivity contribution is 0.102. The van der Waals surface area contributed by atoms with E-state index in [9.17, 15) is 9.59 Å². The predicted molar refractivity (Wildman–Crippen MR) is 117 cm³/mol. The van der Waals surface area contributed by atoms with Gasteiger partial charge in [-0.05, 0) is 77.5 Å². The van der Waals surface area contributed by atoms with Gasteiger partial charge >= 0.3 is 6.03 Å². The lowest BCUT2D eigenvalue weighted by Gasteiger charge is -2.12. The molecule has 0 spiro atoms. The van der Waals surface area contributed by atoms with E-state index in [2.05, 4.69) is 38.5 Å². The van der Waals surface area contributed by atoms with Gasteiger partial charge in [-0.3, -0.25) is 4.79 Å². The second-order valence-electron chi connectivity index (χ2n) is 5.94. The van der Waals surface area contributed by atoms with Crippen molar-refractivity contribution in [2.45, 2.75) is 6.92 Å². The summed E-state index contributed by atoms with van der Waals surface area (Å²) in [4.78, 5) is 24.6. The molecule has 0 saturated carbocycles. The molecule has 3 rings (SSSR count). The highest BCUT2D eigenvalue weighted by atomic mass is 127. The van der Waals surface area contributed by atoms with E-state index in [0.717, 1.165) is 9.13 Å². The molecular formula is C21H18IN3O2. The molecule has 0 heterocycles. The molecular weight excluding hydrogens is 453 g/mol. The van der Waals surface area contributed by atoms with E-state index in [1.54, 1.807) is 18.2 Å². The molecule has 3 amide bonds. The van der Waals surface area contributed by atoms with Gasteiger partial charge in [-0.15, -0.1) is 0 Å². The number of carbonyl (C=O) groups is 2. The van der Waals surface area contributed by atoms with Crippen molar-refractivity contribution in [2.24, 2.45) is 0 Å². The summed E-state index contributed by atoms with van der Waals surface area (Å²) in [6.45, 7) is 1.90. The molecule has 0 aliphatic rings. The third-order valence-electron chi connectivity index (χ3n) is 3.86. The molecule has 0 unspecified atom stereocenters. The quantitative estimate of drug-likeness (QED) is 0.440. The maximum Gasteiger partial charge on any atom is 0.323 e. The lowest BCUT2D eigenvalue weighted by atomic mass is 10.1. The van der Waals surface area contributed by atoms with Crippen LogP contribution in [0.15, 0.2) is 72.8 Å². The Kier molecular flexibility index (Phi) is 6.08. The second kappa shape index (κ2) is 8.68. The number of halogens is 1. The van der Waals surface area contributed by atoms with Crippen molar-refractivity contribution in [1.29, 1.82) is 0 Å². The summed E-state index contributed by atoms with van der Waals surface area (Å²) in [5, 5.41) is 8.44. The van der Waals surface area contributed by atoms with Crippen LogP contribution in [0.4, 0.5) is 21.9 Å². The van der Waals surface area contributed by atoms with Crippen LogP contribution >= 0.6 is 22.6 Å². The highest BCUT2D eigenvalue weighted by Gasteiger charge is 2.10. The molecule has 0 aromatic heterocycles. The Labute approximate surface area is 171 Å². The molecule has 136 valence electrons. The zero-order valence-corrected chi connectivity index (χ0v) is 16.8. The third-order valence-corrected chi connectivity index (χ3v) is 4.53. The summed E-state index contributed by atoms with van der Waals surface area (Å²) in [6.07, 6.45) is 0. The zero-order valence-electron chi connectivity index (χ0n) is 14.6. The minimum atomic E-state index is -0.347. The van der Waals surface area contributed by atoms with E-state index < -0.39 is 0 Å². The number of benzene rings is 3. The van der Waals surface area contributed by atoms with Crippen molar-refractivity contribution in [3.05, 3.63) is 87.5 Å². The predicted octanol–water partition coefficient (Wildman–Crippen LogP) is 5.50. The van der Waals surface area contributed by atoms with E-state index >= 15 is 0 Å². The Morgan fingerprint density at radius 3 is 2.26 bits per heavy atom. The Hall–Kier alpha value is -2.87. The standard InChI is InChI=1S/C21H18IN3O2/c1-14-10-11-18(24-21(27)23-17-8-3-2-4-9-17)13-19(14)25-20(26)15-6-5-7-16(22)12-15/h2-13H,1H3,(H,25,26)(H2,23,24,27). The average molecular weight is 471 g/mol. The first-order valence-electron chi connectivity index (χ1n) is 8.32. The van der Waals surface area contributed by atoms with Crippen LogP contribution in [0, 0.1) is 10.5 Å². The highest BCUT2D eigenvalue weighted by molar-refractivity contribution is 14.1. The molecule has 0 aliphatic carbocycles. The Morgan fingerprint density at radius 1 is 0.778 bits per heavy atom. The SMILES string of the molecule is Cc1ccc(NC(=O)Nc2ccccc2)cc1NC(=O)c1cccc(I)c1. The Balaban J connectivity index is 1.70. The first-order valence-corrected chi connectivity index (χ1v) is 9.40. The van der Waals surface area contributed by atoms with Crippen molar-refractivity contribution in [1.82, 2.24) is 0 Å². The Bertz CT molecular complexity index is 974. The van der Waals surface area contributed by atoms with Gasteiger partial charge in [0.1, 0.15) is 0 Å². The van der Waals surface area contributed by atoms with E-state index in [1.807, 2.05) is 61.5 Å². The Morgan fingerprint density at radius 2 is 1.52 bits per heavy atom. The van der Waals surface area contributed by atoms with Gasteiger partial charge in [-0.25, -0.2) is 4.79 Å². The number of anilines is 3. The van der Waals surface area contributed by atoms with Crippen LogP contribution in [-0.2, 0) is 0 Å². The van der Waals surface area contributed by atoms with Crippen LogP contribution in [0.3, 0.4) is 0 Å². The number of para-hydroxylation sites is 1. The topological polar surface area (TPSA) is 70.2 Å². The van der Waals surface area contributed by atoms with Gasteiger partial charge in [0, 0.05) is 26.2 Å². The molecule has 3 aromatic carbocycles. The molecule has 0 atom stereocenters. The fraction of sp³-hybridized carbons (Fsp3) is 0.0476. The molecule has 5 nitrogen and oxygen atoms in total. The number of urea groups is 1. The van der Waals surface area contributed by atoms with E-state index in [4.69, 9.17) is 0 Å². The van der Waals surface area contributed by atoms with Crippen molar-refractivity contribution in [2.75, 3.05) is 16.0 Å². The van der Waals surface area contributed by atoms with Crippen LogP contribution in [0.1, 0.15) is 15.9 Å². The van der Waals surface area contributed by atoms with E-state index in [1.165, 1.54) is 0 Å². The molecule has 0 bridgehead atoms. The van der Waals surface area contributed by atoms with Gasteiger partial charge in [0.2, 0.25) is 0 Å². The van der Waals surface area contributed by atoms with Gasteiger partial charge in [0.25, 0.3) is 5.91 Å². The smallest absolute Gasteiger partial charge is 0.322 e. The minimum absolute atomic E-state index is 0.192. The number of amides is 3. The van der Waals surface area contributed by atoms with Gasteiger partial charge in [0.05, 0.1) is 0 Å². The van der Waals surface area contributed by atoms with Crippen LogP contribution in [0.25, 0.3) is 0 Å². The number of hydrogen-bond acceptors (Lipinski definition) is 2. The summed E-state index contributed by atoms with van der Waals surface area (Å²) in [7, 11) is 0. The summed E-state index contributed by atoms with van der Waals surface area (Å²) < 4.78 is 0.991. The van der Waals surface area contributed by atoms with Crippen molar-refractivity contribution < 1.29 is 9.59 Å². The van der Waals surface area contributed by atoms with Gasteiger partial charge in [-0.1, -0.05) is 30.3 Å². The summed E-state index contributed by atoms with van der Waals surface area (Å²) in [5.41, 5.74) is 3.43. The molecule has 6 heteroatoms. The fourth-order valence-corrected chi connectivity index (χ4v) is 3.02. The minimum Gasteiger partial charge on any atom is -0.322 e. The number of nitrogens with one attached hydrogen (secondary N) is 3. The first kappa shape index (κ1) is 18.9. The monoisotopic (exact) mass is 471 g/mol. The summed E-state index contributed by atoms with van der Waals surface area (Å²) in [5.74, 6) is -0.192. The highest BCUT2D eigenvalue weighted by Crippen LogP contribution is 2.22. The van der Waals surface area contributed by atoms with Crippen molar-refractivity contribution in [3.8, 4) is 0 Å². The molecule has 3 aromatic rings. The van der Waals surface area contributed by atoms with E-state index in [-0.39, 0.29) is 11.9 Å². The average Bonchev–Trinajstić information content (AvgIpc) is 2.65. The normalized spacial score (nSPS) is 10.1. The zero-order chi connectivity index (χ0) is 19.2.